The fourth-order valence-electron chi connectivity index (χ4n) is 4.12. The van der Waals surface area contributed by atoms with Crippen LogP contribution in [-0.4, -0.2) is 17.8 Å². The van der Waals surface area contributed by atoms with Crippen molar-refractivity contribution in [3.05, 3.63) is 66.7 Å². The van der Waals surface area contributed by atoms with E-state index in [9.17, 15) is 0 Å². The molecule has 0 bridgehead atoms. The zero-order valence-corrected chi connectivity index (χ0v) is 14.9. The molecule has 0 saturated heterocycles. The number of nitrogens with zero attached hydrogens (tertiary/aromatic N) is 1. The summed E-state index contributed by atoms with van der Waals surface area (Å²) in [5.74, 6) is 5.05. The molecular weight excluding hydrogens is 327 g/mol. The Morgan fingerprint density at radius 2 is 1.36 bits per heavy atom. The van der Waals surface area contributed by atoms with E-state index < -0.39 is 13.3 Å². The maximum absolute atomic E-state index is 2.52. The molecule has 0 radical (unpaired) electrons. The minimum atomic E-state index is -2.23. The van der Waals surface area contributed by atoms with E-state index in [1.165, 1.54) is 27.5 Å². The Labute approximate surface area is 132 Å². The summed E-state index contributed by atoms with van der Waals surface area (Å²) in [6.45, 7) is 0. The molecule has 0 fully saturated rings. The van der Waals surface area contributed by atoms with Crippen LogP contribution in [0.4, 0.5) is 0 Å². The first-order chi connectivity index (χ1) is 10.7. The van der Waals surface area contributed by atoms with Crippen LogP contribution in [0.25, 0.3) is 27.5 Å². The zero-order valence-electron chi connectivity index (χ0n) is 12.8. The molecule has 0 spiro atoms. The molecule has 5 rings (SSSR count). The van der Waals surface area contributed by atoms with Crippen LogP contribution < -0.4 is 8.79 Å². The zero-order chi connectivity index (χ0) is 14.9. The summed E-state index contributed by atoms with van der Waals surface area (Å²) in [5.41, 5.74) is 4.18. The Morgan fingerprint density at radius 1 is 0.682 bits per heavy atom. The van der Waals surface area contributed by atoms with Gasteiger partial charge in [-0.1, -0.05) is 0 Å². The van der Waals surface area contributed by atoms with Gasteiger partial charge in [-0.3, -0.25) is 0 Å². The number of fused-ring (bicyclic) bond motifs is 5. The van der Waals surface area contributed by atoms with Crippen molar-refractivity contribution >= 4 is 43.9 Å². The van der Waals surface area contributed by atoms with E-state index in [0.717, 1.165) is 0 Å². The van der Waals surface area contributed by atoms with E-state index in [1.807, 2.05) is 0 Å². The van der Waals surface area contributed by atoms with Gasteiger partial charge in [0.15, 0.2) is 0 Å². The summed E-state index contributed by atoms with van der Waals surface area (Å²) < 4.78 is 5.68. The number of rotatable bonds is 0. The summed E-state index contributed by atoms with van der Waals surface area (Å²) >= 11 is -2.23. The molecule has 0 N–H and O–H groups in total. The summed E-state index contributed by atoms with van der Waals surface area (Å²) in [6.07, 6.45) is 0. The van der Waals surface area contributed by atoms with Gasteiger partial charge in [-0.05, 0) is 0 Å². The maximum atomic E-state index is 2.52. The van der Waals surface area contributed by atoms with Crippen LogP contribution in [-0.2, 0) is 0 Å². The third-order valence-corrected chi connectivity index (χ3v) is 12.6. The molecule has 0 atom stereocenters. The fraction of sp³-hybridized carbons (Fsp3) is 0.100. The van der Waals surface area contributed by atoms with Gasteiger partial charge in [-0.15, -0.1) is 0 Å². The first kappa shape index (κ1) is 12.5. The summed E-state index contributed by atoms with van der Waals surface area (Å²) in [6, 6.07) is 24.7. The molecule has 1 aromatic heterocycles. The van der Waals surface area contributed by atoms with Gasteiger partial charge in [0.1, 0.15) is 0 Å². The standard InChI is InChI=1S/C20H17GeN/c1-21(2)16-10-4-6-13-19(16)22-18-12-5-3-8-14(18)15-9-7-11-17(21)20(15)22/h3-13H,1-2H3. The van der Waals surface area contributed by atoms with Crippen molar-refractivity contribution in [3.8, 4) is 5.69 Å². The van der Waals surface area contributed by atoms with Crippen molar-refractivity contribution in [1.82, 2.24) is 4.57 Å². The third-order valence-electron chi connectivity index (χ3n) is 5.19. The molecule has 0 saturated carbocycles. The molecule has 106 valence electrons. The number of hydrogen-bond donors (Lipinski definition) is 0. The molecule has 22 heavy (non-hydrogen) atoms. The van der Waals surface area contributed by atoms with E-state index in [4.69, 9.17) is 0 Å². The monoisotopic (exact) mass is 345 g/mol. The Hall–Kier alpha value is -2.00. The van der Waals surface area contributed by atoms with Gasteiger partial charge in [-0.25, -0.2) is 0 Å². The summed E-state index contributed by atoms with van der Waals surface area (Å²) in [5, 5.41) is 2.77. The SMILES string of the molecule is [CH3][Ge]1([CH3])[c]2ccccc2-n2c3ccccc3c3ccc[c]1c32. The minimum absolute atomic E-state index is 1.33. The van der Waals surface area contributed by atoms with Crippen LogP contribution in [0.15, 0.2) is 66.7 Å². The van der Waals surface area contributed by atoms with Gasteiger partial charge < -0.3 is 0 Å². The molecule has 1 aliphatic rings. The fourth-order valence-corrected chi connectivity index (χ4v) is 10.4. The van der Waals surface area contributed by atoms with Crippen molar-refractivity contribution in [2.45, 2.75) is 11.5 Å². The molecule has 0 amide bonds. The summed E-state index contributed by atoms with van der Waals surface area (Å²) in [7, 11) is 0. The van der Waals surface area contributed by atoms with Crippen LogP contribution in [0.5, 0.6) is 0 Å². The molecule has 3 aromatic carbocycles. The van der Waals surface area contributed by atoms with Crippen molar-refractivity contribution in [3.63, 3.8) is 0 Å². The van der Waals surface area contributed by atoms with Crippen molar-refractivity contribution < 1.29 is 0 Å². The van der Waals surface area contributed by atoms with Gasteiger partial charge in [-0.2, -0.15) is 0 Å². The van der Waals surface area contributed by atoms with Gasteiger partial charge in [0.2, 0.25) is 0 Å². The quantitative estimate of drug-likeness (QED) is 0.426. The summed E-state index contributed by atoms with van der Waals surface area (Å²) in [4.78, 5) is 0. The van der Waals surface area contributed by atoms with Gasteiger partial charge >= 0.3 is 132 Å². The second-order valence-corrected chi connectivity index (χ2v) is 15.8. The molecule has 0 unspecified atom stereocenters. The Kier molecular flexibility index (Phi) is 2.31. The van der Waals surface area contributed by atoms with E-state index in [-0.39, 0.29) is 0 Å². The molecule has 0 aliphatic carbocycles. The first-order valence-electron chi connectivity index (χ1n) is 7.82. The van der Waals surface area contributed by atoms with Crippen LogP contribution in [0.1, 0.15) is 0 Å². The number of para-hydroxylation sites is 3. The average molecular weight is 344 g/mol. The Morgan fingerprint density at radius 3 is 2.27 bits per heavy atom. The van der Waals surface area contributed by atoms with Crippen LogP contribution in [0.2, 0.25) is 11.5 Å². The second kappa shape index (κ2) is 4.05. The topological polar surface area (TPSA) is 4.93 Å². The molecule has 2 heterocycles. The molecule has 2 heteroatoms. The van der Waals surface area contributed by atoms with E-state index in [2.05, 4.69) is 82.8 Å². The van der Waals surface area contributed by atoms with Crippen molar-refractivity contribution in [2.75, 3.05) is 0 Å². The van der Waals surface area contributed by atoms with Gasteiger partial charge in [0, 0.05) is 0 Å². The van der Waals surface area contributed by atoms with E-state index in [1.54, 1.807) is 8.79 Å². The van der Waals surface area contributed by atoms with E-state index >= 15 is 0 Å². The van der Waals surface area contributed by atoms with Gasteiger partial charge in [0.25, 0.3) is 0 Å². The number of aromatic nitrogens is 1. The molecule has 1 nitrogen and oxygen atoms in total. The number of hydrogen-bond acceptors (Lipinski definition) is 0. The van der Waals surface area contributed by atoms with Crippen LogP contribution in [0.3, 0.4) is 0 Å². The van der Waals surface area contributed by atoms with Crippen LogP contribution in [0, 0.1) is 0 Å². The first-order valence-corrected chi connectivity index (χ1v) is 14.1. The average Bonchev–Trinajstić information content (AvgIpc) is 2.88. The normalized spacial score (nSPS) is 15.2. The third kappa shape index (κ3) is 1.35. The number of benzene rings is 3. The van der Waals surface area contributed by atoms with Gasteiger partial charge in [0.05, 0.1) is 0 Å². The molecule has 1 aliphatic heterocycles. The Balaban J connectivity index is 2.15. The van der Waals surface area contributed by atoms with E-state index in [0.29, 0.717) is 0 Å². The Bertz CT molecular complexity index is 1060. The molecular formula is C20H17GeN. The molecule has 4 aromatic rings. The van der Waals surface area contributed by atoms with Crippen LogP contribution >= 0.6 is 0 Å². The predicted molar refractivity (Wildman–Crippen MR) is 97.5 cm³/mol. The van der Waals surface area contributed by atoms with Crippen molar-refractivity contribution in [2.24, 2.45) is 0 Å². The van der Waals surface area contributed by atoms with Crippen molar-refractivity contribution in [1.29, 1.82) is 0 Å². The predicted octanol–water partition coefficient (Wildman–Crippen LogP) is 3.92. The second-order valence-electron chi connectivity index (χ2n) is 6.70.